The Labute approximate surface area is 95.5 Å². The summed E-state index contributed by atoms with van der Waals surface area (Å²) in [7, 11) is 1.64. The first-order valence-corrected chi connectivity index (χ1v) is 5.51. The molecule has 16 heavy (non-hydrogen) atoms. The summed E-state index contributed by atoms with van der Waals surface area (Å²) in [5, 5.41) is 2.99. The van der Waals surface area contributed by atoms with Crippen molar-refractivity contribution in [1.29, 1.82) is 0 Å². The summed E-state index contributed by atoms with van der Waals surface area (Å²) in [5.41, 5.74) is -0.0762. The van der Waals surface area contributed by atoms with Crippen LogP contribution in [-0.4, -0.2) is 29.3 Å². The van der Waals surface area contributed by atoms with Gasteiger partial charge in [0.2, 0.25) is 0 Å². The molecule has 0 saturated carbocycles. The molecule has 0 aromatic carbocycles. The number of aromatic nitrogens is 2. The van der Waals surface area contributed by atoms with Gasteiger partial charge in [-0.05, 0) is 13.3 Å². The van der Waals surface area contributed by atoms with E-state index in [0.29, 0.717) is 12.4 Å². The summed E-state index contributed by atoms with van der Waals surface area (Å²) in [4.78, 5) is 15.9. The van der Waals surface area contributed by atoms with Gasteiger partial charge in [-0.1, -0.05) is 6.92 Å². The number of nitrogens with zero attached hydrogens (tertiary/aromatic N) is 2. The van der Waals surface area contributed by atoms with Crippen LogP contribution in [0.5, 0.6) is 0 Å². The quantitative estimate of drug-likeness (QED) is 0.787. The molecule has 0 radical (unpaired) electrons. The number of aryl methyl sites for hydroxylation is 1. The molecule has 0 amide bonds. The van der Waals surface area contributed by atoms with E-state index in [4.69, 9.17) is 4.74 Å². The van der Waals surface area contributed by atoms with E-state index in [1.165, 1.54) is 0 Å². The lowest BCUT2D eigenvalue weighted by atomic mass is 10.4. The SMILES string of the molecule is CCCn1ccnc(NCC(C)OC)c1=O. The Morgan fingerprint density at radius 1 is 1.62 bits per heavy atom. The molecule has 0 spiro atoms. The van der Waals surface area contributed by atoms with E-state index >= 15 is 0 Å². The number of rotatable bonds is 6. The van der Waals surface area contributed by atoms with Crippen molar-refractivity contribution in [1.82, 2.24) is 9.55 Å². The van der Waals surface area contributed by atoms with Gasteiger partial charge in [0.25, 0.3) is 5.56 Å². The molecule has 5 nitrogen and oxygen atoms in total. The van der Waals surface area contributed by atoms with Gasteiger partial charge in [0.05, 0.1) is 6.10 Å². The van der Waals surface area contributed by atoms with Crippen LogP contribution in [0.2, 0.25) is 0 Å². The van der Waals surface area contributed by atoms with Crippen molar-refractivity contribution < 1.29 is 4.74 Å². The zero-order valence-corrected chi connectivity index (χ0v) is 10.1. The van der Waals surface area contributed by atoms with Crippen LogP contribution in [0.4, 0.5) is 5.82 Å². The predicted octanol–water partition coefficient (Wildman–Crippen LogP) is 1.10. The van der Waals surface area contributed by atoms with E-state index in [1.54, 1.807) is 24.1 Å². The van der Waals surface area contributed by atoms with E-state index in [-0.39, 0.29) is 11.7 Å². The van der Waals surface area contributed by atoms with Crippen LogP contribution < -0.4 is 10.9 Å². The standard InChI is InChI=1S/C11H19N3O2/c1-4-6-14-7-5-12-10(11(14)15)13-8-9(2)16-3/h5,7,9H,4,6,8H2,1-3H3,(H,12,13). The average molecular weight is 225 g/mol. The third kappa shape index (κ3) is 3.34. The summed E-state index contributed by atoms with van der Waals surface area (Å²) in [6.07, 6.45) is 4.33. The van der Waals surface area contributed by atoms with Crippen molar-refractivity contribution in [3.8, 4) is 0 Å². The molecule has 0 saturated heterocycles. The van der Waals surface area contributed by atoms with E-state index in [0.717, 1.165) is 13.0 Å². The van der Waals surface area contributed by atoms with Crippen LogP contribution in [-0.2, 0) is 11.3 Å². The molecular formula is C11H19N3O2. The maximum Gasteiger partial charge on any atom is 0.293 e. The lowest BCUT2D eigenvalue weighted by molar-refractivity contribution is 0.128. The summed E-state index contributed by atoms with van der Waals surface area (Å²) in [5.74, 6) is 0.389. The minimum Gasteiger partial charge on any atom is -0.380 e. The van der Waals surface area contributed by atoms with Crippen LogP contribution in [0.25, 0.3) is 0 Å². The molecular weight excluding hydrogens is 206 g/mol. The van der Waals surface area contributed by atoms with Gasteiger partial charge in [-0.15, -0.1) is 0 Å². The highest BCUT2D eigenvalue weighted by Gasteiger charge is 2.05. The lowest BCUT2D eigenvalue weighted by Crippen LogP contribution is -2.27. The van der Waals surface area contributed by atoms with E-state index in [1.807, 2.05) is 13.8 Å². The number of nitrogens with one attached hydrogen (secondary N) is 1. The van der Waals surface area contributed by atoms with Gasteiger partial charge in [0.1, 0.15) is 0 Å². The monoisotopic (exact) mass is 225 g/mol. The van der Waals surface area contributed by atoms with Gasteiger partial charge in [0, 0.05) is 32.6 Å². The summed E-state index contributed by atoms with van der Waals surface area (Å²) in [6.45, 7) is 5.26. The van der Waals surface area contributed by atoms with Crippen LogP contribution >= 0.6 is 0 Å². The molecule has 1 unspecified atom stereocenters. The van der Waals surface area contributed by atoms with Crippen LogP contribution in [0, 0.1) is 0 Å². The Morgan fingerprint density at radius 2 is 2.38 bits per heavy atom. The molecule has 1 N–H and O–H groups in total. The Morgan fingerprint density at radius 3 is 3.00 bits per heavy atom. The summed E-state index contributed by atoms with van der Waals surface area (Å²) < 4.78 is 6.75. The topological polar surface area (TPSA) is 56.1 Å². The van der Waals surface area contributed by atoms with Gasteiger partial charge in [-0.2, -0.15) is 0 Å². The van der Waals surface area contributed by atoms with E-state index < -0.39 is 0 Å². The molecule has 0 fully saturated rings. The highest BCUT2D eigenvalue weighted by atomic mass is 16.5. The fourth-order valence-corrected chi connectivity index (χ4v) is 1.31. The highest BCUT2D eigenvalue weighted by Crippen LogP contribution is 1.96. The van der Waals surface area contributed by atoms with Crippen LogP contribution in [0.1, 0.15) is 20.3 Å². The van der Waals surface area contributed by atoms with E-state index in [2.05, 4.69) is 10.3 Å². The van der Waals surface area contributed by atoms with Gasteiger partial charge in [0.15, 0.2) is 5.82 Å². The molecule has 1 aromatic rings. The first kappa shape index (κ1) is 12.7. The molecule has 1 heterocycles. The first-order chi connectivity index (χ1) is 7.69. The second-order valence-electron chi connectivity index (χ2n) is 3.70. The Hall–Kier alpha value is -1.36. The van der Waals surface area contributed by atoms with Crippen LogP contribution in [0.15, 0.2) is 17.2 Å². The second-order valence-corrected chi connectivity index (χ2v) is 3.70. The third-order valence-electron chi connectivity index (χ3n) is 2.34. The number of anilines is 1. The third-order valence-corrected chi connectivity index (χ3v) is 2.34. The number of hydrogen-bond donors (Lipinski definition) is 1. The molecule has 0 aliphatic rings. The normalized spacial score (nSPS) is 12.4. The number of methoxy groups -OCH3 is 1. The largest absolute Gasteiger partial charge is 0.380 e. The van der Waals surface area contributed by atoms with Crippen LogP contribution in [0.3, 0.4) is 0 Å². The maximum absolute atomic E-state index is 11.9. The number of ether oxygens (including phenoxy) is 1. The molecule has 1 aromatic heterocycles. The van der Waals surface area contributed by atoms with Gasteiger partial charge >= 0.3 is 0 Å². The zero-order valence-electron chi connectivity index (χ0n) is 10.1. The summed E-state index contributed by atoms with van der Waals surface area (Å²) >= 11 is 0. The second kappa shape index (κ2) is 6.27. The Balaban J connectivity index is 2.73. The fraction of sp³-hybridized carbons (Fsp3) is 0.636. The minimum atomic E-state index is -0.0762. The molecule has 0 bridgehead atoms. The molecule has 5 heteroatoms. The van der Waals surface area contributed by atoms with Crippen molar-refractivity contribution in [2.45, 2.75) is 32.9 Å². The lowest BCUT2D eigenvalue weighted by Gasteiger charge is -2.11. The number of hydrogen-bond acceptors (Lipinski definition) is 4. The van der Waals surface area contributed by atoms with Crippen molar-refractivity contribution in [2.24, 2.45) is 0 Å². The van der Waals surface area contributed by atoms with Gasteiger partial charge in [-0.25, -0.2) is 4.98 Å². The fourth-order valence-electron chi connectivity index (χ4n) is 1.31. The minimum absolute atomic E-state index is 0.0565. The van der Waals surface area contributed by atoms with Crippen molar-refractivity contribution in [2.75, 3.05) is 19.0 Å². The van der Waals surface area contributed by atoms with Gasteiger partial charge < -0.3 is 14.6 Å². The van der Waals surface area contributed by atoms with E-state index in [9.17, 15) is 4.79 Å². The Kier molecular flexibility index (Phi) is 4.98. The summed E-state index contributed by atoms with van der Waals surface area (Å²) in [6, 6.07) is 0. The molecule has 0 aliphatic carbocycles. The molecule has 1 rings (SSSR count). The predicted molar refractivity (Wildman–Crippen MR) is 63.7 cm³/mol. The molecule has 90 valence electrons. The smallest absolute Gasteiger partial charge is 0.293 e. The maximum atomic E-state index is 11.9. The van der Waals surface area contributed by atoms with Crippen molar-refractivity contribution >= 4 is 5.82 Å². The first-order valence-electron chi connectivity index (χ1n) is 5.51. The van der Waals surface area contributed by atoms with Gasteiger partial charge in [-0.3, -0.25) is 4.79 Å². The van der Waals surface area contributed by atoms with Crippen molar-refractivity contribution in [3.05, 3.63) is 22.7 Å². The average Bonchev–Trinajstić information content (AvgIpc) is 2.30. The van der Waals surface area contributed by atoms with Crippen molar-refractivity contribution in [3.63, 3.8) is 0 Å². The molecule has 0 aliphatic heterocycles. The zero-order chi connectivity index (χ0) is 12.0. The Bertz CT molecular complexity index is 376. The molecule has 1 atom stereocenters. The highest BCUT2D eigenvalue weighted by molar-refractivity contribution is 5.30.